The van der Waals surface area contributed by atoms with Crippen molar-refractivity contribution in [2.75, 3.05) is 28.3 Å². The molecule has 4 N–H and O–H groups in total. The summed E-state index contributed by atoms with van der Waals surface area (Å²) in [6, 6.07) is 18.0. The molecule has 0 radical (unpaired) electrons. The Morgan fingerprint density at radius 2 is 1.02 bits per heavy atom. The molecule has 14 heteroatoms. The largest absolute Gasteiger partial charge is 0.469 e. The van der Waals surface area contributed by atoms with Crippen LogP contribution >= 0.6 is 0 Å². The fraction of sp³-hybridized carbons (Fsp3) is 0.588. The number of esters is 2. The van der Waals surface area contributed by atoms with Crippen LogP contribution in [-0.4, -0.2) is 132 Å². The van der Waals surface area contributed by atoms with E-state index in [4.69, 9.17) is 28.6 Å². The molecule has 2 saturated carbocycles. The molecule has 12 atom stereocenters. The minimum absolute atomic E-state index is 0.146. The van der Waals surface area contributed by atoms with Gasteiger partial charge in [0.05, 0.1) is 63.9 Å². The van der Waals surface area contributed by atoms with Gasteiger partial charge in [0.15, 0.2) is 0 Å². The highest BCUT2D eigenvalue weighted by molar-refractivity contribution is 5.75. The fourth-order valence-electron chi connectivity index (χ4n) is 7.17. The number of ether oxygens (including phenoxy) is 4. The van der Waals surface area contributed by atoms with E-state index in [0.717, 1.165) is 11.1 Å². The van der Waals surface area contributed by atoms with Gasteiger partial charge in [-0.05, 0) is 11.1 Å². The lowest BCUT2D eigenvalue weighted by atomic mass is 9.92. The summed E-state index contributed by atoms with van der Waals surface area (Å²) in [5.41, 5.74) is 1.88. The molecule has 264 valence electrons. The number of hydrogen-bond acceptors (Lipinski definition) is 14. The number of aliphatic hydroxyl groups excluding tert-OH is 4. The number of rotatable bonds is 8. The van der Waals surface area contributed by atoms with Gasteiger partial charge in [0.2, 0.25) is 0 Å². The third-order valence-electron chi connectivity index (χ3n) is 9.58. The van der Waals surface area contributed by atoms with Gasteiger partial charge in [-0.2, -0.15) is 10.1 Å². The van der Waals surface area contributed by atoms with Crippen LogP contribution in [0.4, 0.5) is 0 Å². The summed E-state index contributed by atoms with van der Waals surface area (Å²) in [5.74, 6) is -2.09. The van der Waals surface area contributed by atoms with Crippen LogP contribution < -0.4 is 0 Å². The Kier molecular flexibility index (Phi) is 12.2. The maximum absolute atomic E-state index is 12.2. The van der Waals surface area contributed by atoms with Crippen LogP contribution in [0.25, 0.3) is 0 Å². The number of carbonyl (C=O) groups is 2. The van der Waals surface area contributed by atoms with E-state index < -0.39 is 84.7 Å². The molecule has 48 heavy (non-hydrogen) atoms. The molecule has 2 aromatic rings. The molecule has 0 spiro atoms. The monoisotopic (exact) mass is 674 g/mol. The zero-order valence-electron chi connectivity index (χ0n) is 27.5. The molecular formula is C34H46N2O12. The molecule has 2 heterocycles. The van der Waals surface area contributed by atoms with Crippen molar-refractivity contribution >= 4 is 11.9 Å². The molecule has 14 nitrogen and oxygen atoms in total. The van der Waals surface area contributed by atoms with Gasteiger partial charge in [-0.25, -0.2) is 0 Å². The molecule has 6 rings (SSSR count). The lowest BCUT2D eigenvalue weighted by Gasteiger charge is -2.34. The number of methoxy groups -OCH3 is 2. The Balaban J connectivity index is 0.000000188. The third-order valence-corrected chi connectivity index (χ3v) is 9.58. The number of likely N-dealkylation sites (N-methyl/N-ethyl adjacent to an activating group) is 2. The second-order valence-electron chi connectivity index (χ2n) is 12.6. The Morgan fingerprint density at radius 3 is 1.35 bits per heavy atom. The zero-order chi connectivity index (χ0) is 34.5. The van der Waals surface area contributed by atoms with Crippen LogP contribution in [0.15, 0.2) is 60.7 Å². The summed E-state index contributed by atoms with van der Waals surface area (Å²) >= 11 is 0. The quantitative estimate of drug-likeness (QED) is 0.279. The maximum Gasteiger partial charge on any atom is 0.313 e. The lowest BCUT2D eigenvalue weighted by molar-refractivity contribution is -0.210. The first kappa shape index (κ1) is 36.3. The Hall–Kier alpha value is -3.02. The number of carbonyl (C=O) groups excluding carboxylic acids is 2. The van der Waals surface area contributed by atoms with E-state index >= 15 is 0 Å². The van der Waals surface area contributed by atoms with E-state index in [-0.39, 0.29) is 26.1 Å². The summed E-state index contributed by atoms with van der Waals surface area (Å²) < 4.78 is 21.6. The van der Waals surface area contributed by atoms with Crippen molar-refractivity contribution in [2.45, 2.75) is 87.0 Å². The second kappa shape index (κ2) is 16.1. The van der Waals surface area contributed by atoms with Crippen LogP contribution in [0.1, 0.15) is 24.0 Å². The van der Waals surface area contributed by atoms with Crippen molar-refractivity contribution in [1.29, 1.82) is 0 Å². The van der Waals surface area contributed by atoms with Crippen molar-refractivity contribution < 1.29 is 58.6 Å². The zero-order valence-corrected chi connectivity index (χ0v) is 27.5. The summed E-state index contributed by atoms with van der Waals surface area (Å²) in [4.78, 5) is 35.8. The minimum atomic E-state index is -1.11. The van der Waals surface area contributed by atoms with Gasteiger partial charge in [-0.15, -0.1) is 0 Å². The predicted molar refractivity (Wildman–Crippen MR) is 167 cm³/mol. The second-order valence-corrected chi connectivity index (χ2v) is 12.6. The number of nitrogens with zero attached hydrogens (tertiary/aromatic N) is 2. The Bertz CT molecular complexity index is 1240. The van der Waals surface area contributed by atoms with Crippen LogP contribution in [0.2, 0.25) is 0 Å². The molecular weight excluding hydrogens is 628 g/mol. The molecule has 4 aliphatic rings. The lowest BCUT2D eigenvalue weighted by Crippen LogP contribution is -2.52. The van der Waals surface area contributed by atoms with Gasteiger partial charge in [-0.1, -0.05) is 60.7 Å². The van der Waals surface area contributed by atoms with Gasteiger partial charge in [0.1, 0.15) is 36.3 Å². The van der Waals surface area contributed by atoms with E-state index in [0.29, 0.717) is 0 Å². The normalized spacial score (nSPS) is 36.3. The topological polar surface area (TPSA) is 177 Å². The highest BCUT2D eigenvalue weighted by Crippen LogP contribution is 2.40. The van der Waals surface area contributed by atoms with Crippen molar-refractivity contribution in [2.24, 2.45) is 11.8 Å². The van der Waals surface area contributed by atoms with Gasteiger partial charge in [0.25, 0.3) is 0 Å². The van der Waals surface area contributed by atoms with Gasteiger partial charge < -0.3 is 39.4 Å². The number of aliphatic hydroxyl groups is 4. The average Bonchev–Trinajstić information content (AvgIpc) is 3.52. The van der Waals surface area contributed by atoms with Crippen LogP contribution in [-0.2, 0) is 51.4 Å². The number of fused-ring (bicyclic) bond motifs is 4. The summed E-state index contributed by atoms with van der Waals surface area (Å²) in [6.07, 6.45) is -6.61. The SMILES string of the molecule is COC(=O)[C@@H]1[C@H]2[C@@H](OCc3ccccc3)[C@@H](O)[C@H](O)C[C@@H]1ON2C.COC(=O)[C@@H]1[C@H]2[C@@H](OCc3ccccc3)[C@@H](O)[C@H](O)C[C@@H]1ON2C. The minimum Gasteiger partial charge on any atom is -0.469 e. The van der Waals surface area contributed by atoms with Crippen molar-refractivity contribution in [3.8, 4) is 0 Å². The number of benzene rings is 2. The third kappa shape index (κ3) is 7.73. The predicted octanol–water partition coefficient (Wildman–Crippen LogP) is 0.201. The van der Waals surface area contributed by atoms with Crippen molar-refractivity contribution in [1.82, 2.24) is 10.1 Å². The van der Waals surface area contributed by atoms with E-state index in [1.165, 1.54) is 24.3 Å². The summed E-state index contributed by atoms with van der Waals surface area (Å²) in [7, 11) is 6.03. The first-order chi connectivity index (χ1) is 23.0. The summed E-state index contributed by atoms with van der Waals surface area (Å²) in [6.45, 7) is 0.524. The molecule has 4 fully saturated rings. The number of hydroxylamine groups is 4. The van der Waals surface area contributed by atoms with Gasteiger partial charge >= 0.3 is 11.9 Å². The molecule has 2 aliphatic carbocycles. The first-order valence-electron chi connectivity index (χ1n) is 16.0. The molecule has 0 unspecified atom stereocenters. The fourth-order valence-corrected chi connectivity index (χ4v) is 7.17. The molecule has 2 aromatic carbocycles. The molecule has 2 aliphatic heterocycles. The van der Waals surface area contributed by atoms with Crippen LogP contribution in [0.5, 0.6) is 0 Å². The van der Waals surface area contributed by atoms with E-state index in [1.54, 1.807) is 14.1 Å². The highest BCUT2D eigenvalue weighted by atomic mass is 16.7. The van der Waals surface area contributed by atoms with E-state index in [9.17, 15) is 30.0 Å². The average molecular weight is 675 g/mol. The van der Waals surface area contributed by atoms with E-state index in [2.05, 4.69) is 0 Å². The standard InChI is InChI=1S/2C17H23NO6/c2*1-18-14-13(17(21)22-2)12(24-18)8-11(19)15(20)16(14)23-9-10-6-4-3-5-7-10/h2*3-7,11-16,19-20H,8-9H2,1-2H3/t2*11-,12+,13+,14+,15+,16-/m11/s1. The maximum atomic E-state index is 12.2. The molecule has 0 amide bonds. The smallest absolute Gasteiger partial charge is 0.313 e. The summed E-state index contributed by atoms with van der Waals surface area (Å²) in [5, 5.41) is 44.5. The Morgan fingerprint density at radius 1 is 0.667 bits per heavy atom. The molecule has 4 bridgehead atoms. The Labute approximate surface area is 279 Å². The molecule has 2 saturated heterocycles. The van der Waals surface area contributed by atoms with Crippen LogP contribution in [0.3, 0.4) is 0 Å². The number of hydrogen-bond donors (Lipinski definition) is 4. The van der Waals surface area contributed by atoms with Crippen LogP contribution in [0, 0.1) is 11.8 Å². The van der Waals surface area contributed by atoms with Crippen molar-refractivity contribution in [3.63, 3.8) is 0 Å². The molecule has 0 aromatic heterocycles. The first-order valence-corrected chi connectivity index (χ1v) is 16.0. The van der Waals surface area contributed by atoms with Gasteiger partial charge in [-0.3, -0.25) is 19.3 Å². The highest BCUT2D eigenvalue weighted by Gasteiger charge is 2.58. The van der Waals surface area contributed by atoms with Gasteiger partial charge in [0, 0.05) is 26.9 Å². The van der Waals surface area contributed by atoms with Crippen molar-refractivity contribution in [3.05, 3.63) is 71.8 Å². The van der Waals surface area contributed by atoms with E-state index in [1.807, 2.05) is 60.7 Å².